The van der Waals surface area contributed by atoms with Crippen LogP contribution in [0, 0.1) is 0 Å². The van der Waals surface area contributed by atoms with E-state index in [4.69, 9.17) is 139 Å². The zero-order valence-corrected chi connectivity index (χ0v) is 37.1. The highest BCUT2D eigenvalue weighted by atomic mass is 35.6. The van der Waals surface area contributed by atoms with E-state index in [0.29, 0.717) is 25.7 Å². The van der Waals surface area contributed by atoms with Gasteiger partial charge < -0.3 is 0 Å². The van der Waals surface area contributed by atoms with E-state index >= 15 is 0 Å². The van der Waals surface area contributed by atoms with Crippen molar-refractivity contribution >= 4 is 139 Å². The smallest absolute Gasteiger partial charge is 0.190 e. The van der Waals surface area contributed by atoms with Gasteiger partial charge in [0, 0.05) is 0 Å². The van der Waals surface area contributed by atoms with Gasteiger partial charge in [-0.2, -0.15) is 0 Å². The molecule has 13 heteroatoms. The normalized spacial score (nSPS) is 14.6. The molecule has 0 rings (SSSR count). The first-order valence-corrected chi connectivity index (χ1v) is 22.6. The van der Waals surface area contributed by atoms with Crippen molar-refractivity contribution in [2.45, 2.75) is 207 Å². The number of unbranched alkanes of at least 4 members (excludes halogenated alkanes) is 22. The third-order valence-corrected chi connectivity index (χ3v) is 12.6. The molecule has 0 saturated heterocycles. The first-order chi connectivity index (χ1) is 22.0. The van der Waals surface area contributed by atoms with Gasteiger partial charge in [0.15, 0.2) is 16.5 Å². The van der Waals surface area contributed by atoms with Gasteiger partial charge in [-0.1, -0.05) is 257 Å². The SMILES string of the molecule is ClC(CCCCCCCCCCCCCCC(Cl)(Cl)Cl)C(Cl)(Cl)NC(Cl)(Cl)C(Cl)CCCCCCCCCCCCCCC(Cl)(Cl)Cl. The Hall–Kier alpha value is 3.44. The number of rotatable bonds is 32. The summed E-state index contributed by atoms with van der Waals surface area (Å²) < 4.78 is -5.18. The molecule has 0 heterocycles. The molecule has 0 bridgehead atoms. The van der Waals surface area contributed by atoms with E-state index < -0.39 is 27.3 Å². The van der Waals surface area contributed by atoms with Crippen LogP contribution in [0.3, 0.4) is 0 Å². The van der Waals surface area contributed by atoms with Crippen LogP contribution in [-0.2, 0) is 0 Å². The number of halogens is 12. The lowest BCUT2D eigenvalue weighted by atomic mass is 10.0. The molecule has 2 unspecified atom stereocenters. The molecule has 0 fully saturated rings. The largest absolute Gasteiger partial charge is 0.252 e. The molecule has 284 valence electrons. The number of alkyl halides is 12. The van der Waals surface area contributed by atoms with Crippen LogP contribution in [-0.4, -0.2) is 27.3 Å². The maximum Gasteiger partial charge on any atom is 0.190 e. The summed E-state index contributed by atoms with van der Waals surface area (Å²) in [6, 6.07) is 0. The van der Waals surface area contributed by atoms with Crippen molar-refractivity contribution in [1.82, 2.24) is 5.32 Å². The Morgan fingerprint density at radius 3 is 0.702 bits per heavy atom. The van der Waals surface area contributed by atoms with Crippen LogP contribution in [0.4, 0.5) is 0 Å². The quantitative estimate of drug-likeness (QED) is 0.0403. The Balaban J connectivity index is 3.80. The molecule has 0 aromatic carbocycles. The molecule has 0 aliphatic heterocycles. The van der Waals surface area contributed by atoms with E-state index in [1.54, 1.807) is 0 Å². The van der Waals surface area contributed by atoms with E-state index in [2.05, 4.69) is 5.32 Å². The number of nitrogens with one attached hydrogen (secondary N) is 1. The zero-order chi connectivity index (χ0) is 35.7. The molecule has 0 aliphatic rings. The maximum atomic E-state index is 6.58. The Morgan fingerprint density at radius 2 is 0.489 bits per heavy atom. The zero-order valence-electron chi connectivity index (χ0n) is 28.0. The van der Waals surface area contributed by atoms with Gasteiger partial charge in [-0.05, 0) is 38.5 Å². The summed E-state index contributed by atoms with van der Waals surface area (Å²) in [5.74, 6) is 0. The van der Waals surface area contributed by atoms with Gasteiger partial charge in [0.2, 0.25) is 0 Å². The summed E-state index contributed by atoms with van der Waals surface area (Å²) in [4.78, 5) is 0. The minimum Gasteiger partial charge on any atom is -0.252 e. The predicted octanol–water partition coefficient (Wildman–Crippen LogP) is 17.7. The minimum absolute atomic E-state index is 0.547. The first kappa shape index (κ1) is 50.4. The molecule has 0 aromatic rings. The molecular weight excluding hydrogens is 848 g/mol. The second-order valence-corrected chi connectivity index (χ2v) is 22.0. The van der Waals surface area contributed by atoms with Crippen LogP contribution < -0.4 is 5.32 Å². The summed E-state index contributed by atoms with van der Waals surface area (Å²) in [6.45, 7) is 0. The van der Waals surface area contributed by atoms with Crippen molar-refractivity contribution in [2.24, 2.45) is 0 Å². The molecule has 2 atom stereocenters. The van der Waals surface area contributed by atoms with Gasteiger partial charge in [-0.15, -0.1) is 23.2 Å². The molecule has 1 nitrogen and oxygen atoms in total. The van der Waals surface area contributed by atoms with E-state index in [-0.39, 0.29) is 0 Å². The van der Waals surface area contributed by atoms with Gasteiger partial charge in [0.1, 0.15) is 0 Å². The van der Waals surface area contributed by atoms with Gasteiger partial charge in [0.25, 0.3) is 0 Å². The number of hydrogen-bond donors (Lipinski definition) is 1. The molecular formula is C34H59Cl12N. The van der Waals surface area contributed by atoms with E-state index in [9.17, 15) is 0 Å². The average molecular weight is 907 g/mol. The Kier molecular flexibility index (Phi) is 31.9. The second-order valence-electron chi connectivity index (χ2n) is 13.1. The summed E-state index contributed by atoms with van der Waals surface area (Å²) in [5, 5.41) is 1.81. The van der Waals surface area contributed by atoms with Crippen LogP contribution in [0.5, 0.6) is 0 Å². The van der Waals surface area contributed by atoms with E-state index in [1.807, 2.05) is 0 Å². The highest BCUT2D eigenvalue weighted by molar-refractivity contribution is 6.68. The van der Waals surface area contributed by atoms with Crippen LogP contribution in [0.2, 0.25) is 0 Å². The second kappa shape index (κ2) is 29.8. The van der Waals surface area contributed by atoms with E-state index in [0.717, 1.165) is 51.4 Å². The lowest BCUT2D eigenvalue weighted by Crippen LogP contribution is -2.54. The molecule has 0 amide bonds. The van der Waals surface area contributed by atoms with E-state index in [1.165, 1.54) is 103 Å². The molecule has 0 spiro atoms. The fraction of sp³-hybridized carbons (Fsp3) is 1.00. The third kappa shape index (κ3) is 33.7. The molecule has 0 saturated carbocycles. The fourth-order valence-corrected chi connectivity index (χ4v) is 8.02. The van der Waals surface area contributed by atoms with Gasteiger partial charge in [-0.25, -0.2) is 0 Å². The summed E-state index contributed by atoms with van der Waals surface area (Å²) in [5.41, 5.74) is 0. The lowest BCUT2D eigenvalue weighted by molar-refractivity contribution is 0.446. The van der Waals surface area contributed by atoms with Crippen molar-refractivity contribution in [3.05, 3.63) is 0 Å². The molecule has 1 N–H and O–H groups in total. The lowest BCUT2D eigenvalue weighted by Gasteiger charge is -2.35. The Labute approximate surface area is 348 Å². The van der Waals surface area contributed by atoms with Crippen molar-refractivity contribution < 1.29 is 0 Å². The summed E-state index contributed by atoms with van der Waals surface area (Å²) in [7, 11) is 0. The Morgan fingerprint density at radius 1 is 0.298 bits per heavy atom. The van der Waals surface area contributed by atoms with Crippen LogP contribution in [0.15, 0.2) is 0 Å². The highest BCUT2D eigenvalue weighted by Gasteiger charge is 2.44. The predicted molar refractivity (Wildman–Crippen MR) is 221 cm³/mol. The molecule has 0 aliphatic carbocycles. The molecule has 47 heavy (non-hydrogen) atoms. The van der Waals surface area contributed by atoms with Crippen LogP contribution in [0.1, 0.15) is 180 Å². The highest BCUT2D eigenvalue weighted by Crippen LogP contribution is 2.39. The fourth-order valence-electron chi connectivity index (χ4n) is 5.57. The third-order valence-electron chi connectivity index (χ3n) is 8.46. The van der Waals surface area contributed by atoms with Crippen LogP contribution in [0.25, 0.3) is 0 Å². The van der Waals surface area contributed by atoms with Crippen LogP contribution >= 0.6 is 139 Å². The molecule has 0 radical (unpaired) electrons. The summed E-state index contributed by atoms with van der Waals surface area (Å²) >= 11 is 74.1. The topological polar surface area (TPSA) is 12.0 Å². The van der Waals surface area contributed by atoms with Crippen molar-refractivity contribution in [3.63, 3.8) is 0 Å². The van der Waals surface area contributed by atoms with Crippen molar-refractivity contribution in [2.75, 3.05) is 0 Å². The standard InChI is InChI=1S/C34H59Cl12N/c35-29(25-21-17-13-9-5-1-3-7-11-15-19-23-27-31(37,38)39)33(43,44)47-34(45,46)30(36)26-22-18-14-10-6-2-4-8-12-16-20-24-28-32(40,41)42/h29-30,47H,1-28H2. The monoisotopic (exact) mass is 901 g/mol. The average Bonchev–Trinajstić information content (AvgIpc) is 2.95. The first-order valence-electron chi connectivity index (χ1n) is 17.9. The molecule has 0 aromatic heterocycles. The maximum absolute atomic E-state index is 6.58. The van der Waals surface area contributed by atoms with Crippen molar-refractivity contribution in [3.8, 4) is 0 Å². The van der Waals surface area contributed by atoms with Crippen molar-refractivity contribution in [1.29, 1.82) is 0 Å². The van der Waals surface area contributed by atoms with Gasteiger partial charge in [-0.3, -0.25) is 5.32 Å². The van der Waals surface area contributed by atoms with Gasteiger partial charge in [0.05, 0.1) is 10.8 Å². The minimum atomic E-state index is -1.48. The van der Waals surface area contributed by atoms with Gasteiger partial charge >= 0.3 is 0 Å². The Bertz CT molecular complexity index is 654. The summed E-state index contributed by atoms with van der Waals surface area (Å²) in [6.07, 6.45) is 30.8. The number of hydrogen-bond acceptors (Lipinski definition) is 1.